The standard InChI is InChI=1S/C23H18N4O/c1-2-5-17(6-3-1)23(27-13-12-24-16-27)18-8-10-20-21(15-18)26-22(25-20)11-9-19-7-4-14-28-19/h1-16,23H,(H,25,26)/b11-9+. The van der Waals surface area contributed by atoms with Crippen molar-refractivity contribution in [3.05, 3.63) is 108 Å². The Morgan fingerprint density at radius 2 is 1.89 bits per heavy atom. The van der Waals surface area contributed by atoms with Gasteiger partial charge in [-0.05, 0) is 47.5 Å². The molecule has 0 radical (unpaired) electrons. The number of hydrogen-bond acceptors (Lipinski definition) is 3. The summed E-state index contributed by atoms with van der Waals surface area (Å²) in [6.07, 6.45) is 11.1. The number of aromatic nitrogens is 4. The van der Waals surface area contributed by atoms with E-state index in [1.165, 1.54) is 5.56 Å². The summed E-state index contributed by atoms with van der Waals surface area (Å²) in [6.45, 7) is 0. The van der Waals surface area contributed by atoms with Gasteiger partial charge in [-0.15, -0.1) is 0 Å². The fraction of sp³-hybridized carbons (Fsp3) is 0.0435. The van der Waals surface area contributed by atoms with Gasteiger partial charge in [-0.3, -0.25) is 0 Å². The molecule has 0 saturated heterocycles. The summed E-state index contributed by atoms with van der Waals surface area (Å²) in [7, 11) is 0. The van der Waals surface area contributed by atoms with Gasteiger partial charge in [0.25, 0.3) is 0 Å². The van der Waals surface area contributed by atoms with Gasteiger partial charge in [-0.1, -0.05) is 36.4 Å². The molecule has 1 N–H and O–H groups in total. The second-order valence-corrected chi connectivity index (χ2v) is 6.57. The molecule has 5 heteroatoms. The molecule has 1 atom stereocenters. The molecule has 0 amide bonds. The first kappa shape index (κ1) is 16.3. The van der Waals surface area contributed by atoms with Crippen LogP contribution in [0, 0.1) is 0 Å². The van der Waals surface area contributed by atoms with Crippen molar-refractivity contribution in [1.82, 2.24) is 19.5 Å². The molecule has 1 unspecified atom stereocenters. The number of benzene rings is 2. The molecule has 3 heterocycles. The molecule has 2 aromatic carbocycles. The minimum absolute atomic E-state index is 0.0481. The van der Waals surface area contributed by atoms with Crippen LogP contribution in [-0.4, -0.2) is 19.5 Å². The van der Waals surface area contributed by atoms with Gasteiger partial charge in [0.1, 0.15) is 11.6 Å². The Labute approximate surface area is 162 Å². The lowest BCUT2D eigenvalue weighted by molar-refractivity contribution is 0.557. The highest BCUT2D eigenvalue weighted by atomic mass is 16.3. The van der Waals surface area contributed by atoms with Crippen molar-refractivity contribution in [3.63, 3.8) is 0 Å². The molecule has 28 heavy (non-hydrogen) atoms. The Morgan fingerprint density at radius 3 is 2.68 bits per heavy atom. The third kappa shape index (κ3) is 3.14. The molecule has 0 aliphatic carbocycles. The first-order valence-electron chi connectivity index (χ1n) is 9.10. The van der Waals surface area contributed by atoms with Crippen molar-refractivity contribution in [2.45, 2.75) is 6.04 Å². The SMILES string of the molecule is C(=C\c1ccco1)/c1nc2cc(C(c3ccccc3)n3ccnc3)ccc2[nH]1. The van der Waals surface area contributed by atoms with Crippen LogP contribution in [0.15, 0.2) is 90.1 Å². The van der Waals surface area contributed by atoms with E-state index in [4.69, 9.17) is 9.40 Å². The summed E-state index contributed by atoms with van der Waals surface area (Å²) in [5, 5.41) is 0. The molecule has 136 valence electrons. The van der Waals surface area contributed by atoms with E-state index >= 15 is 0 Å². The van der Waals surface area contributed by atoms with Crippen LogP contribution in [0.5, 0.6) is 0 Å². The number of rotatable bonds is 5. The average molecular weight is 366 g/mol. The molecule has 3 aromatic heterocycles. The van der Waals surface area contributed by atoms with E-state index < -0.39 is 0 Å². The summed E-state index contributed by atoms with van der Waals surface area (Å²) in [6, 6.07) is 20.6. The molecule has 5 aromatic rings. The molecule has 5 nitrogen and oxygen atoms in total. The van der Waals surface area contributed by atoms with Crippen LogP contribution >= 0.6 is 0 Å². The Kier molecular flexibility index (Phi) is 4.10. The number of imidazole rings is 2. The Morgan fingerprint density at radius 1 is 0.964 bits per heavy atom. The van der Waals surface area contributed by atoms with Crippen LogP contribution in [0.4, 0.5) is 0 Å². The van der Waals surface area contributed by atoms with Crippen molar-refractivity contribution in [2.75, 3.05) is 0 Å². The van der Waals surface area contributed by atoms with E-state index in [0.29, 0.717) is 0 Å². The van der Waals surface area contributed by atoms with E-state index in [9.17, 15) is 0 Å². The highest BCUT2D eigenvalue weighted by Crippen LogP contribution is 2.28. The van der Waals surface area contributed by atoms with E-state index in [1.807, 2.05) is 42.9 Å². The molecule has 0 spiro atoms. The second-order valence-electron chi connectivity index (χ2n) is 6.57. The predicted octanol–water partition coefficient (Wildman–Crippen LogP) is 5.16. The fourth-order valence-electron chi connectivity index (χ4n) is 3.43. The molecular formula is C23H18N4O. The highest BCUT2D eigenvalue weighted by Gasteiger charge is 2.16. The largest absolute Gasteiger partial charge is 0.465 e. The van der Waals surface area contributed by atoms with Gasteiger partial charge in [-0.25, -0.2) is 9.97 Å². The Hall–Kier alpha value is -3.86. The zero-order valence-corrected chi connectivity index (χ0v) is 15.1. The van der Waals surface area contributed by atoms with E-state index in [-0.39, 0.29) is 6.04 Å². The minimum atomic E-state index is 0.0481. The van der Waals surface area contributed by atoms with Crippen molar-refractivity contribution in [1.29, 1.82) is 0 Å². The predicted molar refractivity (Wildman–Crippen MR) is 110 cm³/mol. The zero-order valence-electron chi connectivity index (χ0n) is 15.1. The van der Waals surface area contributed by atoms with Crippen LogP contribution in [-0.2, 0) is 0 Å². The second kappa shape index (κ2) is 7.04. The van der Waals surface area contributed by atoms with Crippen molar-refractivity contribution >= 4 is 23.2 Å². The topological polar surface area (TPSA) is 59.6 Å². The number of fused-ring (bicyclic) bond motifs is 1. The third-order valence-electron chi connectivity index (χ3n) is 4.73. The first-order chi connectivity index (χ1) is 13.9. The van der Waals surface area contributed by atoms with Crippen LogP contribution in [0.3, 0.4) is 0 Å². The van der Waals surface area contributed by atoms with Gasteiger partial charge in [0.05, 0.1) is 29.7 Å². The lowest BCUT2D eigenvalue weighted by atomic mass is 9.98. The normalized spacial score (nSPS) is 12.7. The van der Waals surface area contributed by atoms with Crippen LogP contribution in [0.1, 0.15) is 28.8 Å². The molecule has 5 rings (SSSR count). The molecule has 0 fully saturated rings. The number of aromatic amines is 1. The minimum Gasteiger partial charge on any atom is -0.465 e. The highest BCUT2D eigenvalue weighted by molar-refractivity contribution is 5.79. The van der Waals surface area contributed by atoms with Gasteiger partial charge in [0.2, 0.25) is 0 Å². The summed E-state index contributed by atoms with van der Waals surface area (Å²) < 4.78 is 7.45. The Bertz CT molecular complexity index is 1200. The van der Waals surface area contributed by atoms with Crippen molar-refractivity contribution < 1.29 is 4.42 Å². The number of furan rings is 1. The van der Waals surface area contributed by atoms with Gasteiger partial charge >= 0.3 is 0 Å². The monoisotopic (exact) mass is 366 g/mol. The van der Waals surface area contributed by atoms with E-state index in [2.05, 4.69) is 57.0 Å². The van der Waals surface area contributed by atoms with E-state index in [0.717, 1.165) is 28.2 Å². The summed E-state index contributed by atoms with van der Waals surface area (Å²) in [4.78, 5) is 12.3. The Balaban J connectivity index is 1.54. The maximum atomic E-state index is 5.33. The summed E-state index contributed by atoms with van der Waals surface area (Å²) >= 11 is 0. The number of nitrogens with one attached hydrogen (secondary N) is 1. The molecule has 0 saturated carbocycles. The average Bonchev–Trinajstić information content (AvgIpc) is 3.49. The van der Waals surface area contributed by atoms with Gasteiger partial charge in [0, 0.05) is 12.4 Å². The maximum absolute atomic E-state index is 5.33. The van der Waals surface area contributed by atoms with Gasteiger partial charge < -0.3 is 14.0 Å². The summed E-state index contributed by atoms with van der Waals surface area (Å²) in [5.74, 6) is 1.59. The van der Waals surface area contributed by atoms with Crippen LogP contribution in [0.25, 0.3) is 23.2 Å². The van der Waals surface area contributed by atoms with E-state index in [1.54, 1.807) is 12.5 Å². The van der Waals surface area contributed by atoms with Crippen molar-refractivity contribution in [2.24, 2.45) is 0 Å². The van der Waals surface area contributed by atoms with Gasteiger partial charge in [0.15, 0.2) is 0 Å². The lowest BCUT2D eigenvalue weighted by Crippen LogP contribution is -2.10. The smallest absolute Gasteiger partial charge is 0.131 e. The third-order valence-corrected chi connectivity index (χ3v) is 4.73. The number of hydrogen-bond donors (Lipinski definition) is 1. The van der Waals surface area contributed by atoms with Crippen molar-refractivity contribution in [3.8, 4) is 0 Å². The molecule has 0 aliphatic heterocycles. The van der Waals surface area contributed by atoms with Gasteiger partial charge in [-0.2, -0.15) is 0 Å². The fourth-order valence-corrected chi connectivity index (χ4v) is 3.43. The quantitative estimate of drug-likeness (QED) is 0.467. The zero-order chi connectivity index (χ0) is 18.8. The number of H-pyrrole nitrogens is 1. The molecule has 0 aliphatic rings. The summed E-state index contributed by atoms with van der Waals surface area (Å²) in [5.41, 5.74) is 4.29. The first-order valence-corrected chi connectivity index (χ1v) is 9.10. The van der Waals surface area contributed by atoms with Crippen LogP contribution < -0.4 is 0 Å². The molecular weight excluding hydrogens is 348 g/mol. The maximum Gasteiger partial charge on any atom is 0.131 e. The lowest BCUT2D eigenvalue weighted by Gasteiger charge is -2.19. The molecule has 0 bridgehead atoms. The van der Waals surface area contributed by atoms with Crippen LogP contribution in [0.2, 0.25) is 0 Å². The number of nitrogens with zero attached hydrogens (tertiary/aromatic N) is 3.